The molecule has 1 aromatic carbocycles. The summed E-state index contributed by atoms with van der Waals surface area (Å²) in [6.45, 7) is 4.33. The molecule has 0 bridgehead atoms. The second-order valence-electron chi connectivity index (χ2n) is 6.23. The van der Waals surface area contributed by atoms with Gasteiger partial charge in [-0.3, -0.25) is 0 Å². The molecule has 0 spiro atoms. The maximum atomic E-state index is 13.1. The maximum absolute atomic E-state index is 13.1. The van der Waals surface area contributed by atoms with Gasteiger partial charge < -0.3 is 4.52 Å². The summed E-state index contributed by atoms with van der Waals surface area (Å²) in [4.78, 5) is 13.1. The number of rotatable bonds is 3. The van der Waals surface area contributed by atoms with Crippen LogP contribution in [0.4, 0.5) is 0 Å². The van der Waals surface area contributed by atoms with E-state index < -0.39 is 0 Å². The summed E-state index contributed by atoms with van der Waals surface area (Å²) in [6.07, 6.45) is 3.68. The standard InChI is InChI=1S/C20H17BrN3O2/c1-13-19(14(2)26-22-13)17-12-23(11-15-6-8-16(21)9-7-15)18-5-3-4-10-24(18)20(17)25/h3-10,12H,11H2,1-2H3/q+1. The van der Waals surface area contributed by atoms with Gasteiger partial charge in [0.15, 0.2) is 0 Å². The predicted molar refractivity (Wildman–Crippen MR) is 102 cm³/mol. The maximum Gasteiger partial charge on any atom is 0.350 e. The zero-order valence-corrected chi connectivity index (χ0v) is 16.0. The Bertz CT molecular complexity index is 1140. The molecule has 0 amide bonds. The summed E-state index contributed by atoms with van der Waals surface area (Å²) >= 11 is 3.46. The van der Waals surface area contributed by atoms with Crippen LogP contribution in [0.1, 0.15) is 17.0 Å². The first-order chi connectivity index (χ1) is 12.5. The minimum atomic E-state index is -0.0814. The van der Waals surface area contributed by atoms with E-state index in [4.69, 9.17) is 4.52 Å². The van der Waals surface area contributed by atoms with Crippen molar-refractivity contribution in [2.24, 2.45) is 0 Å². The third-order valence-corrected chi connectivity index (χ3v) is 4.96. The Morgan fingerprint density at radius 1 is 1.15 bits per heavy atom. The smallest absolute Gasteiger partial charge is 0.350 e. The molecule has 3 heterocycles. The van der Waals surface area contributed by atoms with E-state index in [2.05, 4.69) is 37.8 Å². The van der Waals surface area contributed by atoms with Gasteiger partial charge in [-0.25, -0.2) is 9.36 Å². The first kappa shape index (κ1) is 16.7. The van der Waals surface area contributed by atoms with Crippen molar-refractivity contribution in [3.05, 3.63) is 86.7 Å². The van der Waals surface area contributed by atoms with Crippen molar-refractivity contribution < 1.29 is 9.09 Å². The molecule has 130 valence electrons. The first-order valence-corrected chi connectivity index (χ1v) is 9.05. The molecule has 0 atom stereocenters. The molecule has 4 rings (SSSR count). The number of aryl methyl sites for hydroxylation is 2. The molecule has 0 aliphatic rings. The van der Waals surface area contributed by atoms with E-state index in [9.17, 15) is 4.79 Å². The van der Waals surface area contributed by atoms with Gasteiger partial charge in [-0.05, 0) is 37.6 Å². The molecular weight excluding hydrogens is 394 g/mol. The van der Waals surface area contributed by atoms with Gasteiger partial charge in [0.25, 0.3) is 5.65 Å². The van der Waals surface area contributed by atoms with Crippen molar-refractivity contribution in [2.75, 3.05) is 0 Å². The van der Waals surface area contributed by atoms with Gasteiger partial charge in [0.2, 0.25) is 0 Å². The quantitative estimate of drug-likeness (QED) is 0.484. The normalized spacial score (nSPS) is 11.2. The zero-order valence-electron chi connectivity index (χ0n) is 14.4. The molecule has 5 nitrogen and oxygen atoms in total. The van der Waals surface area contributed by atoms with Gasteiger partial charge in [-0.1, -0.05) is 39.3 Å². The molecule has 0 saturated carbocycles. The molecule has 26 heavy (non-hydrogen) atoms. The fourth-order valence-electron chi connectivity index (χ4n) is 3.20. The SMILES string of the molecule is Cc1noc(C)c1-c1c[n+](Cc2ccc(Br)cc2)c2ccccn2c1=O. The number of fused-ring (bicyclic) bond motifs is 1. The van der Waals surface area contributed by atoms with E-state index in [0.29, 0.717) is 23.6 Å². The largest absolute Gasteiger partial charge is 0.361 e. The van der Waals surface area contributed by atoms with Crippen LogP contribution in [0, 0.1) is 13.8 Å². The molecule has 6 heteroatoms. The average Bonchev–Trinajstić information content (AvgIpc) is 2.98. The van der Waals surface area contributed by atoms with Gasteiger partial charge >= 0.3 is 5.56 Å². The molecule has 0 unspecified atom stereocenters. The van der Waals surface area contributed by atoms with Gasteiger partial charge in [-0.2, -0.15) is 4.40 Å². The Morgan fingerprint density at radius 3 is 2.62 bits per heavy atom. The van der Waals surface area contributed by atoms with E-state index in [1.807, 2.05) is 50.4 Å². The first-order valence-electron chi connectivity index (χ1n) is 8.26. The summed E-state index contributed by atoms with van der Waals surface area (Å²) in [7, 11) is 0. The highest BCUT2D eigenvalue weighted by Crippen LogP contribution is 2.23. The Balaban J connectivity index is 1.96. The number of pyridine rings is 1. The van der Waals surface area contributed by atoms with E-state index in [1.165, 1.54) is 0 Å². The van der Waals surface area contributed by atoms with Crippen molar-refractivity contribution in [1.82, 2.24) is 9.56 Å². The van der Waals surface area contributed by atoms with Crippen LogP contribution < -0.4 is 10.1 Å². The molecular formula is C20H17BrN3O2+. The lowest BCUT2D eigenvalue weighted by atomic mass is 10.1. The Hall–Kier alpha value is -2.73. The highest BCUT2D eigenvalue weighted by atomic mass is 79.9. The molecule has 4 aromatic rings. The number of nitrogens with zero attached hydrogens (tertiary/aromatic N) is 3. The second-order valence-corrected chi connectivity index (χ2v) is 7.15. The van der Waals surface area contributed by atoms with Crippen LogP contribution in [0.3, 0.4) is 0 Å². The monoisotopic (exact) mass is 410 g/mol. The molecule has 0 N–H and O–H groups in total. The molecule has 3 aromatic heterocycles. The third kappa shape index (κ3) is 2.86. The van der Waals surface area contributed by atoms with Crippen LogP contribution >= 0.6 is 15.9 Å². The summed E-state index contributed by atoms with van der Waals surface area (Å²) in [5.41, 5.74) is 3.95. The van der Waals surface area contributed by atoms with E-state index >= 15 is 0 Å². The Labute approximate surface area is 158 Å². The van der Waals surface area contributed by atoms with Crippen molar-refractivity contribution in [3.8, 4) is 11.1 Å². The average molecular weight is 411 g/mol. The minimum Gasteiger partial charge on any atom is -0.361 e. The second kappa shape index (κ2) is 6.53. The van der Waals surface area contributed by atoms with Gasteiger partial charge in [0, 0.05) is 10.5 Å². The van der Waals surface area contributed by atoms with Crippen molar-refractivity contribution in [2.45, 2.75) is 20.4 Å². The van der Waals surface area contributed by atoms with Gasteiger partial charge in [0.05, 0.1) is 17.5 Å². The lowest BCUT2D eigenvalue weighted by Crippen LogP contribution is -2.40. The van der Waals surface area contributed by atoms with Crippen LogP contribution in [-0.2, 0) is 6.54 Å². The topological polar surface area (TPSA) is 51.4 Å². The minimum absolute atomic E-state index is 0.0814. The fourth-order valence-corrected chi connectivity index (χ4v) is 3.46. The number of hydrogen-bond acceptors (Lipinski definition) is 3. The predicted octanol–water partition coefficient (Wildman–Crippen LogP) is 3.67. The molecule has 0 saturated heterocycles. The van der Waals surface area contributed by atoms with Gasteiger partial charge in [0.1, 0.15) is 24.1 Å². The van der Waals surface area contributed by atoms with Crippen LogP contribution in [-0.4, -0.2) is 9.56 Å². The van der Waals surface area contributed by atoms with Crippen LogP contribution in [0.5, 0.6) is 0 Å². The Morgan fingerprint density at radius 2 is 1.92 bits per heavy atom. The summed E-state index contributed by atoms with van der Waals surface area (Å²) in [5.74, 6) is 0.644. The van der Waals surface area contributed by atoms with Crippen molar-refractivity contribution in [1.29, 1.82) is 0 Å². The number of halogens is 1. The van der Waals surface area contributed by atoms with E-state index in [0.717, 1.165) is 21.2 Å². The fraction of sp³-hybridized carbons (Fsp3) is 0.150. The number of aromatic nitrogens is 3. The molecule has 0 fully saturated rings. The molecule has 0 aliphatic heterocycles. The zero-order chi connectivity index (χ0) is 18.3. The van der Waals surface area contributed by atoms with Gasteiger partial charge in [-0.15, -0.1) is 0 Å². The molecule has 0 aliphatic carbocycles. The van der Waals surface area contributed by atoms with Crippen LogP contribution in [0.15, 0.2) is 68.6 Å². The molecule has 0 radical (unpaired) electrons. The third-order valence-electron chi connectivity index (χ3n) is 4.44. The lowest BCUT2D eigenvalue weighted by molar-refractivity contribution is -0.665. The van der Waals surface area contributed by atoms with Crippen molar-refractivity contribution >= 4 is 21.6 Å². The Kier molecular flexibility index (Phi) is 4.20. The van der Waals surface area contributed by atoms with Crippen molar-refractivity contribution in [3.63, 3.8) is 0 Å². The summed E-state index contributed by atoms with van der Waals surface area (Å²) < 4.78 is 10.1. The van der Waals surface area contributed by atoms with Crippen LogP contribution in [0.25, 0.3) is 16.8 Å². The summed E-state index contributed by atoms with van der Waals surface area (Å²) in [5, 5.41) is 4.00. The van der Waals surface area contributed by atoms with E-state index in [-0.39, 0.29) is 5.56 Å². The lowest BCUT2D eigenvalue weighted by Gasteiger charge is -2.07. The van der Waals surface area contributed by atoms with Crippen LogP contribution in [0.2, 0.25) is 0 Å². The highest BCUT2D eigenvalue weighted by Gasteiger charge is 2.22. The summed E-state index contributed by atoms with van der Waals surface area (Å²) in [6, 6.07) is 13.9. The number of hydrogen-bond donors (Lipinski definition) is 0. The van der Waals surface area contributed by atoms with E-state index in [1.54, 1.807) is 10.6 Å². The highest BCUT2D eigenvalue weighted by molar-refractivity contribution is 9.10. The number of benzene rings is 1.